The Kier molecular flexibility index (Phi) is 8.81. The zero-order valence-electron chi connectivity index (χ0n) is 24.2. The predicted octanol–water partition coefficient (Wildman–Crippen LogP) is 7.08. The molecule has 44 heavy (non-hydrogen) atoms. The summed E-state index contributed by atoms with van der Waals surface area (Å²) in [5.41, 5.74) is -0.315. The molecule has 0 spiro atoms. The normalized spacial score (nSPS) is 11.3. The maximum atomic E-state index is 14.0. The third kappa shape index (κ3) is 6.05. The van der Waals surface area contributed by atoms with E-state index in [0.717, 1.165) is 5.39 Å². The fourth-order valence-electron chi connectivity index (χ4n) is 5.04. The molecule has 0 aliphatic heterocycles. The van der Waals surface area contributed by atoms with Crippen LogP contribution in [0.4, 0.5) is 0 Å². The van der Waals surface area contributed by atoms with E-state index in [1.165, 1.54) is 20.8 Å². The second kappa shape index (κ2) is 13.0. The molecule has 0 amide bonds. The standard InChI is InChI=1S/C36H28O8/c1-22-30(35(39)44-29-20-12-14-25-13-10-11-19-28(25)29)23(2)34(41-21-37)32(31(22)36(40)43-27-17-8-5-9-18-27)33(38)24(3)42-26-15-6-4-7-16-26/h4-21,24H,1-3H3. The summed E-state index contributed by atoms with van der Waals surface area (Å²) < 4.78 is 22.7. The first-order valence-electron chi connectivity index (χ1n) is 13.8. The van der Waals surface area contributed by atoms with E-state index in [9.17, 15) is 19.2 Å². The molecule has 5 aromatic rings. The zero-order valence-corrected chi connectivity index (χ0v) is 24.2. The lowest BCUT2D eigenvalue weighted by Gasteiger charge is -2.22. The molecule has 0 aliphatic rings. The number of ketones is 1. The Labute approximate surface area is 253 Å². The highest BCUT2D eigenvalue weighted by Crippen LogP contribution is 2.37. The van der Waals surface area contributed by atoms with Crippen molar-refractivity contribution in [1.29, 1.82) is 0 Å². The van der Waals surface area contributed by atoms with Crippen LogP contribution in [0.5, 0.6) is 23.0 Å². The van der Waals surface area contributed by atoms with Gasteiger partial charge in [0.2, 0.25) is 5.78 Å². The van der Waals surface area contributed by atoms with Gasteiger partial charge in [0.05, 0.1) is 16.7 Å². The molecule has 8 nitrogen and oxygen atoms in total. The number of esters is 2. The third-order valence-corrected chi connectivity index (χ3v) is 7.09. The van der Waals surface area contributed by atoms with Gasteiger partial charge in [-0.1, -0.05) is 72.8 Å². The first-order chi connectivity index (χ1) is 21.3. The third-order valence-electron chi connectivity index (χ3n) is 7.09. The molecule has 220 valence electrons. The number of fused-ring (bicyclic) bond motifs is 1. The summed E-state index contributed by atoms with van der Waals surface area (Å²) >= 11 is 0. The lowest BCUT2D eigenvalue weighted by molar-refractivity contribution is -0.120. The van der Waals surface area contributed by atoms with Gasteiger partial charge in [0.25, 0.3) is 6.47 Å². The number of benzene rings is 5. The predicted molar refractivity (Wildman–Crippen MR) is 164 cm³/mol. The van der Waals surface area contributed by atoms with Crippen molar-refractivity contribution in [3.8, 4) is 23.0 Å². The van der Waals surface area contributed by atoms with Crippen LogP contribution in [-0.4, -0.2) is 30.3 Å². The summed E-state index contributed by atoms with van der Waals surface area (Å²) in [5.74, 6) is -1.75. The minimum Gasteiger partial charge on any atom is -0.483 e. The average molecular weight is 589 g/mol. The molecule has 0 aromatic heterocycles. The van der Waals surface area contributed by atoms with Gasteiger partial charge in [-0.3, -0.25) is 9.59 Å². The molecule has 0 N–H and O–H groups in total. The van der Waals surface area contributed by atoms with Crippen LogP contribution in [0.2, 0.25) is 0 Å². The largest absolute Gasteiger partial charge is 0.483 e. The molecule has 0 aliphatic carbocycles. The molecule has 1 atom stereocenters. The van der Waals surface area contributed by atoms with Crippen molar-refractivity contribution in [3.05, 3.63) is 131 Å². The minimum atomic E-state index is -1.11. The van der Waals surface area contributed by atoms with Gasteiger partial charge in [0.15, 0.2) is 6.10 Å². The zero-order chi connectivity index (χ0) is 31.2. The van der Waals surface area contributed by atoms with Crippen molar-refractivity contribution in [2.24, 2.45) is 0 Å². The van der Waals surface area contributed by atoms with Gasteiger partial charge in [-0.25, -0.2) is 9.59 Å². The first-order valence-corrected chi connectivity index (χ1v) is 13.8. The summed E-state index contributed by atoms with van der Waals surface area (Å²) in [4.78, 5) is 53.4. The summed E-state index contributed by atoms with van der Waals surface area (Å²) in [6, 6.07) is 29.6. The molecule has 0 bridgehead atoms. The van der Waals surface area contributed by atoms with E-state index in [-0.39, 0.29) is 45.8 Å². The van der Waals surface area contributed by atoms with Crippen LogP contribution in [0.25, 0.3) is 10.8 Å². The van der Waals surface area contributed by atoms with Gasteiger partial charge in [-0.2, -0.15) is 0 Å². The Bertz CT molecular complexity index is 1860. The Morgan fingerprint density at radius 3 is 1.91 bits per heavy atom. The van der Waals surface area contributed by atoms with E-state index in [1.807, 2.05) is 30.3 Å². The lowest BCUT2D eigenvalue weighted by atomic mass is 9.88. The summed E-state index contributed by atoms with van der Waals surface area (Å²) in [7, 11) is 0. The van der Waals surface area contributed by atoms with Crippen LogP contribution in [0.1, 0.15) is 49.1 Å². The number of carbonyl (C=O) groups is 4. The number of ether oxygens (including phenoxy) is 4. The minimum absolute atomic E-state index is 0.0528. The number of carbonyl (C=O) groups excluding carboxylic acids is 4. The average Bonchev–Trinajstić information content (AvgIpc) is 3.03. The van der Waals surface area contributed by atoms with Gasteiger partial charge in [0.1, 0.15) is 23.0 Å². The lowest BCUT2D eigenvalue weighted by Crippen LogP contribution is -2.29. The van der Waals surface area contributed by atoms with E-state index in [1.54, 1.807) is 72.8 Å². The number of hydrogen-bond donors (Lipinski definition) is 0. The van der Waals surface area contributed by atoms with Crippen LogP contribution in [0.15, 0.2) is 103 Å². The Morgan fingerprint density at radius 1 is 0.636 bits per heavy atom. The number of hydrogen-bond acceptors (Lipinski definition) is 8. The second-order valence-electron chi connectivity index (χ2n) is 9.92. The van der Waals surface area contributed by atoms with E-state index < -0.39 is 23.8 Å². The quantitative estimate of drug-likeness (QED) is 0.0738. The monoisotopic (exact) mass is 588 g/mol. The van der Waals surface area contributed by atoms with Crippen LogP contribution in [-0.2, 0) is 4.79 Å². The Hall–Kier alpha value is -5.76. The van der Waals surface area contributed by atoms with Crippen LogP contribution < -0.4 is 18.9 Å². The smallest absolute Gasteiger partial charge is 0.344 e. The highest BCUT2D eigenvalue weighted by molar-refractivity contribution is 6.14. The Balaban J connectivity index is 1.66. The first kappa shape index (κ1) is 29.7. The van der Waals surface area contributed by atoms with Crippen molar-refractivity contribution < 1.29 is 38.1 Å². The van der Waals surface area contributed by atoms with E-state index >= 15 is 0 Å². The molecule has 5 rings (SSSR count). The molecule has 0 fully saturated rings. The van der Waals surface area contributed by atoms with Crippen LogP contribution in [0, 0.1) is 13.8 Å². The molecule has 1 unspecified atom stereocenters. The van der Waals surface area contributed by atoms with E-state index in [0.29, 0.717) is 16.9 Å². The molecule has 0 radical (unpaired) electrons. The molecule has 5 aromatic carbocycles. The van der Waals surface area contributed by atoms with Crippen molar-refractivity contribution in [1.82, 2.24) is 0 Å². The van der Waals surface area contributed by atoms with Crippen molar-refractivity contribution >= 4 is 35.0 Å². The molecule has 0 saturated carbocycles. The van der Waals surface area contributed by atoms with Gasteiger partial charge >= 0.3 is 11.9 Å². The maximum Gasteiger partial charge on any atom is 0.344 e. The van der Waals surface area contributed by atoms with Gasteiger partial charge < -0.3 is 18.9 Å². The fraction of sp³-hybridized carbons (Fsp3) is 0.111. The van der Waals surface area contributed by atoms with Gasteiger partial charge in [0, 0.05) is 10.9 Å². The number of rotatable bonds is 10. The Morgan fingerprint density at radius 2 is 1.23 bits per heavy atom. The molecule has 0 saturated heterocycles. The van der Waals surface area contributed by atoms with Crippen molar-refractivity contribution in [2.75, 3.05) is 0 Å². The summed E-state index contributed by atoms with van der Waals surface area (Å²) in [5, 5.41) is 1.56. The van der Waals surface area contributed by atoms with Gasteiger partial charge in [-0.15, -0.1) is 0 Å². The SMILES string of the molecule is Cc1c(OC=O)c(C(=O)C(C)Oc2ccccc2)c(C(=O)Oc2ccccc2)c(C)c1C(=O)Oc1cccc2ccccc12. The highest BCUT2D eigenvalue weighted by atomic mass is 16.5. The van der Waals surface area contributed by atoms with E-state index in [2.05, 4.69) is 0 Å². The van der Waals surface area contributed by atoms with Crippen LogP contribution in [0.3, 0.4) is 0 Å². The molecular weight excluding hydrogens is 560 g/mol. The van der Waals surface area contributed by atoms with Gasteiger partial charge in [-0.05, 0) is 62.1 Å². The second-order valence-corrected chi connectivity index (χ2v) is 9.92. The number of Topliss-reactive ketones (excluding diaryl/α,β-unsaturated/α-hetero) is 1. The summed E-state index contributed by atoms with van der Waals surface area (Å²) in [6.07, 6.45) is -1.11. The van der Waals surface area contributed by atoms with Crippen molar-refractivity contribution in [2.45, 2.75) is 26.9 Å². The van der Waals surface area contributed by atoms with E-state index in [4.69, 9.17) is 18.9 Å². The molecule has 0 heterocycles. The van der Waals surface area contributed by atoms with Crippen molar-refractivity contribution in [3.63, 3.8) is 0 Å². The van der Waals surface area contributed by atoms with Crippen LogP contribution >= 0.6 is 0 Å². The maximum absolute atomic E-state index is 14.0. The topological polar surface area (TPSA) is 105 Å². The summed E-state index contributed by atoms with van der Waals surface area (Å²) in [6.45, 7) is 4.67. The molecular formula is C36H28O8. The highest BCUT2D eigenvalue weighted by Gasteiger charge is 2.35. The molecule has 8 heteroatoms. The number of para-hydroxylation sites is 2. The fourth-order valence-corrected chi connectivity index (χ4v) is 5.04.